The number of hydrogen-bond acceptors (Lipinski definition) is 4. The highest BCUT2D eigenvalue weighted by atomic mass is 35.5. The van der Waals surface area contributed by atoms with Gasteiger partial charge in [-0.05, 0) is 18.1 Å². The number of hydrogen-bond donors (Lipinski definition) is 0. The van der Waals surface area contributed by atoms with Gasteiger partial charge in [-0.2, -0.15) is 0 Å². The van der Waals surface area contributed by atoms with E-state index in [-0.39, 0.29) is 6.10 Å². The van der Waals surface area contributed by atoms with E-state index < -0.39 is 0 Å². The normalized spacial score (nSPS) is 21.1. The lowest BCUT2D eigenvalue weighted by molar-refractivity contribution is -0.0432. The van der Waals surface area contributed by atoms with Crippen LogP contribution in [-0.4, -0.2) is 49.4 Å². The van der Waals surface area contributed by atoms with Crippen LogP contribution in [0.1, 0.15) is 12.0 Å². The minimum atomic E-state index is 0.263. The molecule has 5 heteroatoms. The van der Waals surface area contributed by atoms with E-state index in [1.54, 1.807) is 19.5 Å². The molecule has 1 aliphatic rings. The molecule has 1 aromatic rings. The van der Waals surface area contributed by atoms with Gasteiger partial charge >= 0.3 is 0 Å². The lowest BCUT2D eigenvalue weighted by Gasteiger charge is -2.33. The number of nitrogens with zero attached hydrogens (tertiary/aromatic N) is 2. The maximum atomic E-state index is 6.12. The van der Waals surface area contributed by atoms with Gasteiger partial charge in [0.2, 0.25) is 0 Å². The highest BCUT2D eigenvalue weighted by Gasteiger charge is 2.20. The Kier molecular flexibility index (Phi) is 5.38. The van der Waals surface area contributed by atoms with Crippen molar-refractivity contribution in [2.45, 2.75) is 19.1 Å². The highest BCUT2D eigenvalue weighted by Crippen LogP contribution is 2.18. The van der Waals surface area contributed by atoms with Crippen LogP contribution in [0.4, 0.5) is 0 Å². The van der Waals surface area contributed by atoms with Crippen molar-refractivity contribution in [3.63, 3.8) is 0 Å². The molecule has 100 valence electrons. The van der Waals surface area contributed by atoms with Crippen LogP contribution in [0.25, 0.3) is 0 Å². The fourth-order valence-corrected chi connectivity index (χ4v) is 2.30. The van der Waals surface area contributed by atoms with Gasteiger partial charge in [0.15, 0.2) is 0 Å². The predicted molar refractivity (Wildman–Crippen MR) is 70.8 cm³/mol. The Morgan fingerprint density at radius 2 is 2.50 bits per heavy atom. The standard InChI is InChI=1S/C13H19ClN2O2/c1-17-6-3-12-10-16(5-7-18-12)9-11-2-4-15-8-13(11)14/h2,4,8,12H,3,5-7,9-10H2,1H3/t12-/m1/s1. The maximum Gasteiger partial charge on any atom is 0.0724 e. The van der Waals surface area contributed by atoms with Crippen LogP contribution < -0.4 is 0 Å². The summed E-state index contributed by atoms with van der Waals surface area (Å²) in [7, 11) is 1.72. The van der Waals surface area contributed by atoms with E-state index in [4.69, 9.17) is 21.1 Å². The molecule has 0 N–H and O–H groups in total. The van der Waals surface area contributed by atoms with E-state index in [2.05, 4.69) is 9.88 Å². The molecular formula is C13H19ClN2O2. The smallest absolute Gasteiger partial charge is 0.0724 e. The van der Waals surface area contributed by atoms with Crippen LogP contribution in [0.15, 0.2) is 18.5 Å². The molecule has 1 fully saturated rings. The third kappa shape index (κ3) is 3.92. The van der Waals surface area contributed by atoms with Gasteiger partial charge in [0.25, 0.3) is 0 Å². The molecule has 0 aromatic carbocycles. The third-order valence-electron chi connectivity index (χ3n) is 3.12. The highest BCUT2D eigenvalue weighted by molar-refractivity contribution is 6.31. The summed E-state index contributed by atoms with van der Waals surface area (Å²) < 4.78 is 10.8. The first-order valence-electron chi connectivity index (χ1n) is 6.21. The Labute approximate surface area is 113 Å². The minimum Gasteiger partial charge on any atom is -0.385 e. The SMILES string of the molecule is COCC[C@@H]1CN(Cc2ccncc2Cl)CCO1. The molecule has 0 amide bonds. The number of morpholine rings is 1. The minimum absolute atomic E-state index is 0.263. The topological polar surface area (TPSA) is 34.6 Å². The Balaban J connectivity index is 1.87. The average molecular weight is 271 g/mol. The molecule has 1 saturated heterocycles. The molecule has 0 aliphatic carbocycles. The molecule has 1 atom stereocenters. The fourth-order valence-electron chi connectivity index (χ4n) is 2.12. The molecule has 0 bridgehead atoms. The summed E-state index contributed by atoms with van der Waals surface area (Å²) in [5, 5.41) is 0.734. The van der Waals surface area contributed by atoms with E-state index >= 15 is 0 Å². The summed E-state index contributed by atoms with van der Waals surface area (Å²) in [5.41, 5.74) is 1.12. The van der Waals surface area contributed by atoms with Gasteiger partial charge in [-0.15, -0.1) is 0 Å². The summed E-state index contributed by atoms with van der Waals surface area (Å²) in [6.07, 6.45) is 4.68. The van der Waals surface area contributed by atoms with Crippen LogP contribution in [0.5, 0.6) is 0 Å². The number of halogens is 1. The molecule has 18 heavy (non-hydrogen) atoms. The summed E-state index contributed by atoms with van der Waals surface area (Å²) in [6, 6.07) is 1.97. The van der Waals surface area contributed by atoms with Crippen LogP contribution in [0.2, 0.25) is 5.02 Å². The second kappa shape index (κ2) is 7.04. The van der Waals surface area contributed by atoms with Crippen molar-refractivity contribution in [3.8, 4) is 0 Å². The summed E-state index contributed by atoms with van der Waals surface area (Å²) in [6.45, 7) is 4.25. The quantitative estimate of drug-likeness (QED) is 0.819. The number of methoxy groups -OCH3 is 1. The van der Waals surface area contributed by atoms with Crippen molar-refractivity contribution in [1.82, 2.24) is 9.88 Å². The molecule has 0 unspecified atom stereocenters. The zero-order valence-electron chi connectivity index (χ0n) is 10.6. The lowest BCUT2D eigenvalue weighted by Crippen LogP contribution is -2.42. The molecule has 0 spiro atoms. The van der Waals surface area contributed by atoms with Crippen LogP contribution >= 0.6 is 11.6 Å². The van der Waals surface area contributed by atoms with E-state index in [0.717, 1.165) is 49.9 Å². The molecule has 0 saturated carbocycles. The lowest BCUT2D eigenvalue weighted by atomic mass is 10.2. The van der Waals surface area contributed by atoms with E-state index in [9.17, 15) is 0 Å². The largest absolute Gasteiger partial charge is 0.385 e. The predicted octanol–water partition coefficient (Wildman–Crippen LogP) is 1.97. The Morgan fingerprint density at radius 1 is 1.61 bits per heavy atom. The van der Waals surface area contributed by atoms with Gasteiger partial charge in [-0.3, -0.25) is 9.88 Å². The van der Waals surface area contributed by atoms with Crippen molar-refractivity contribution >= 4 is 11.6 Å². The van der Waals surface area contributed by atoms with Crippen molar-refractivity contribution in [3.05, 3.63) is 29.0 Å². The molecule has 1 aromatic heterocycles. The van der Waals surface area contributed by atoms with Crippen molar-refractivity contribution < 1.29 is 9.47 Å². The Bertz CT molecular complexity index is 376. The second-order valence-corrected chi connectivity index (χ2v) is 4.88. The van der Waals surface area contributed by atoms with Gasteiger partial charge in [-0.25, -0.2) is 0 Å². The van der Waals surface area contributed by atoms with E-state index in [1.807, 2.05) is 6.07 Å². The number of rotatable bonds is 5. The third-order valence-corrected chi connectivity index (χ3v) is 3.46. The van der Waals surface area contributed by atoms with Gasteiger partial charge in [0.05, 0.1) is 17.7 Å². The van der Waals surface area contributed by atoms with Gasteiger partial charge in [-0.1, -0.05) is 11.6 Å². The zero-order valence-corrected chi connectivity index (χ0v) is 11.4. The second-order valence-electron chi connectivity index (χ2n) is 4.48. The Hall–Kier alpha value is -0.680. The Morgan fingerprint density at radius 3 is 3.28 bits per heavy atom. The van der Waals surface area contributed by atoms with Crippen LogP contribution in [-0.2, 0) is 16.0 Å². The van der Waals surface area contributed by atoms with Crippen molar-refractivity contribution in [2.24, 2.45) is 0 Å². The van der Waals surface area contributed by atoms with Gasteiger partial charge < -0.3 is 9.47 Å². The summed E-state index contributed by atoms with van der Waals surface area (Å²) in [5.74, 6) is 0. The number of aromatic nitrogens is 1. The van der Waals surface area contributed by atoms with Crippen LogP contribution in [0.3, 0.4) is 0 Å². The summed E-state index contributed by atoms with van der Waals surface area (Å²) in [4.78, 5) is 6.37. The fraction of sp³-hybridized carbons (Fsp3) is 0.615. The van der Waals surface area contributed by atoms with E-state index in [1.165, 1.54) is 0 Å². The molecule has 1 aliphatic heterocycles. The summed E-state index contributed by atoms with van der Waals surface area (Å²) >= 11 is 6.12. The number of ether oxygens (including phenoxy) is 2. The molecule has 0 radical (unpaired) electrons. The maximum absolute atomic E-state index is 6.12. The monoisotopic (exact) mass is 270 g/mol. The van der Waals surface area contributed by atoms with Crippen LogP contribution in [0, 0.1) is 0 Å². The first-order valence-corrected chi connectivity index (χ1v) is 6.58. The average Bonchev–Trinajstić information content (AvgIpc) is 2.40. The first kappa shape index (κ1) is 13.7. The first-order chi connectivity index (χ1) is 8.79. The van der Waals surface area contributed by atoms with E-state index in [0.29, 0.717) is 0 Å². The van der Waals surface area contributed by atoms with Crippen molar-refractivity contribution in [2.75, 3.05) is 33.4 Å². The molecular weight excluding hydrogens is 252 g/mol. The number of pyridine rings is 1. The van der Waals surface area contributed by atoms with Crippen molar-refractivity contribution in [1.29, 1.82) is 0 Å². The van der Waals surface area contributed by atoms with Gasteiger partial charge in [0, 0.05) is 45.7 Å². The molecule has 4 nitrogen and oxygen atoms in total. The van der Waals surface area contributed by atoms with Gasteiger partial charge in [0.1, 0.15) is 0 Å². The molecule has 2 heterocycles. The molecule has 2 rings (SSSR count). The zero-order chi connectivity index (χ0) is 12.8.